The van der Waals surface area contributed by atoms with Crippen LogP contribution in [0, 0.1) is 12.8 Å². The van der Waals surface area contributed by atoms with Crippen molar-refractivity contribution < 1.29 is 5.11 Å². The molecule has 0 amide bonds. The Bertz CT molecular complexity index is 373. The maximum absolute atomic E-state index is 9.34. The number of aliphatic hydroxyl groups is 1. The van der Waals surface area contributed by atoms with Crippen molar-refractivity contribution in [3.8, 4) is 0 Å². The van der Waals surface area contributed by atoms with Crippen LogP contribution in [0.4, 0.5) is 0 Å². The Kier molecular flexibility index (Phi) is 3.31. The summed E-state index contributed by atoms with van der Waals surface area (Å²) in [5.41, 5.74) is 4.20. The second-order valence-corrected chi connectivity index (χ2v) is 5.12. The van der Waals surface area contributed by atoms with Crippen LogP contribution in [0.15, 0.2) is 18.2 Å². The van der Waals surface area contributed by atoms with E-state index in [2.05, 4.69) is 37.4 Å². The summed E-state index contributed by atoms with van der Waals surface area (Å²) in [4.78, 5) is 0. The molecule has 1 aromatic carbocycles. The molecule has 1 aliphatic rings. The van der Waals surface area contributed by atoms with Gasteiger partial charge < -0.3 is 10.4 Å². The van der Waals surface area contributed by atoms with E-state index in [1.54, 1.807) is 0 Å². The SMILES string of the molecule is Cc1ccc2c(c1)C(NC[C@@H](C)O)C(C)C2. The van der Waals surface area contributed by atoms with E-state index in [9.17, 15) is 5.11 Å². The largest absolute Gasteiger partial charge is 0.392 e. The molecule has 0 saturated carbocycles. The van der Waals surface area contributed by atoms with E-state index in [0.29, 0.717) is 18.5 Å². The molecule has 0 spiro atoms. The van der Waals surface area contributed by atoms with Crippen LogP contribution < -0.4 is 5.32 Å². The van der Waals surface area contributed by atoms with Crippen LogP contribution in [0.1, 0.15) is 36.6 Å². The van der Waals surface area contributed by atoms with Crippen molar-refractivity contribution in [2.75, 3.05) is 6.54 Å². The fourth-order valence-electron chi connectivity index (χ4n) is 2.57. The van der Waals surface area contributed by atoms with Gasteiger partial charge in [0.1, 0.15) is 0 Å². The lowest BCUT2D eigenvalue weighted by molar-refractivity contribution is 0.182. The highest BCUT2D eigenvalue weighted by Crippen LogP contribution is 2.36. The highest BCUT2D eigenvalue weighted by molar-refractivity contribution is 5.38. The maximum atomic E-state index is 9.34. The van der Waals surface area contributed by atoms with E-state index in [1.807, 2.05) is 6.92 Å². The molecule has 2 heteroatoms. The summed E-state index contributed by atoms with van der Waals surface area (Å²) < 4.78 is 0. The molecular formula is C14H21NO. The molecule has 1 aliphatic carbocycles. The van der Waals surface area contributed by atoms with Gasteiger partial charge >= 0.3 is 0 Å². The van der Waals surface area contributed by atoms with E-state index < -0.39 is 0 Å². The minimum Gasteiger partial charge on any atom is -0.392 e. The lowest BCUT2D eigenvalue weighted by Crippen LogP contribution is -2.30. The molecule has 2 nitrogen and oxygen atoms in total. The van der Waals surface area contributed by atoms with Crippen LogP contribution in [0.3, 0.4) is 0 Å². The average molecular weight is 219 g/mol. The molecule has 1 aromatic rings. The molecule has 0 aliphatic heterocycles. The minimum absolute atomic E-state index is 0.277. The van der Waals surface area contributed by atoms with Gasteiger partial charge in [-0.1, -0.05) is 30.7 Å². The van der Waals surface area contributed by atoms with Crippen molar-refractivity contribution in [2.45, 2.75) is 39.3 Å². The molecule has 0 heterocycles. The van der Waals surface area contributed by atoms with Crippen LogP contribution in [0.25, 0.3) is 0 Å². The first-order valence-corrected chi connectivity index (χ1v) is 6.09. The minimum atomic E-state index is -0.277. The Labute approximate surface area is 97.7 Å². The second kappa shape index (κ2) is 4.56. The Morgan fingerprint density at radius 3 is 2.94 bits per heavy atom. The lowest BCUT2D eigenvalue weighted by Gasteiger charge is -2.20. The fraction of sp³-hybridized carbons (Fsp3) is 0.571. The number of fused-ring (bicyclic) bond motifs is 1. The summed E-state index contributed by atoms with van der Waals surface area (Å²) in [6.45, 7) is 6.90. The zero-order valence-corrected chi connectivity index (χ0v) is 10.3. The average Bonchev–Trinajstić information content (AvgIpc) is 2.51. The molecule has 0 saturated heterocycles. The van der Waals surface area contributed by atoms with Crippen molar-refractivity contribution in [2.24, 2.45) is 5.92 Å². The molecule has 0 bridgehead atoms. The zero-order chi connectivity index (χ0) is 11.7. The highest BCUT2D eigenvalue weighted by atomic mass is 16.3. The van der Waals surface area contributed by atoms with Gasteiger partial charge in [-0.25, -0.2) is 0 Å². The topological polar surface area (TPSA) is 32.3 Å². The van der Waals surface area contributed by atoms with Crippen molar-refractivity contribution in [1.82, 2.24) is 5.32 Å². The monoisotopic (exact) mass is 219 g/mol. The first kappa shape index (κ1) is 11.6. The third kappa shape index (κ3) is 2.28. The van der Waals surface area contributed by atoms with Gasteiger partial charge in [-0.3, -0.25) is 0 Å². The predicted molar refractivity (Wildman–Crippen MR) is 66.5 cm³/mol. The second-order valence-electron chi connectivity index (χ2n) is 5.12. The van der Waals surface area contributed by atoms with Gasteiger partial charge in [0, 0.05) is 12.6 Å². The molecule has 0 radical (unpaired) electrons. The molecule has 16 heavy (non-hydrogen) atoms. The zero-order valence-electron chi connectivity index (χ0n) is 10.3. The van der Waals surface area contributed by atoms with Gasteiger partial charge in [0.2, 0.25) is 0 Å². The standard InChI is InChI=1S/C14H21NO/c1-9-4-5-12-7-10(2)14(13(12)6-9)15-8-11(3)16/h4-6,10-11,14-16H,7-8H2,1-3H3/t10?,11-,14?/m1/s1. The predicted octanol–water partition coefficient (Wildman–Crippen LogP) is 2.20. The van der Waals surface area contributed by atoms with E-state index >= 15 is 0 Å². The number of rotatable bonds is 3. The first-order chi connectivity index (χ1) is 7.58. The van der Waals surface area contributed by atoms with E-state index in [1.165, 1.54) is 16.7 Å². The van der Waals surface area contributed by atoms with Gasteiger partial charge in [-0.2, -0.15) is 0 Å². The van der Waals surface area contributed by atoms with Gasteiger partial charge in [0.25, 0.3) is 0 Å². The number of benzene rings is 1. The van der Waals surface area contributed by atoms with Crippen LogP contribution in [-0.2, 0) is 6.42 Å². The first-order valence-electron chi connectivity index (χ1n) is 6.09. The van der Waals surface area contributed by atoms with Crippen LogP contribution in [0.2, 0.25) is 0 Å². The highest BCUT2D eigenvalue weighted by Gasteiger charge is 2.28. The van der Waals surface area contributed by atoms with E-state index in [4.69, 9.17) is 0 Å². The third-order valence-corrected chi connectivity index (χ3v) is 3.38. The summed E-state index contributed by atoms with van der Waals surface area (Å²) in [7, 11) is 0. The quantitative estimate of drug-likeness (QED) is 0.817. The van der Waals surface area contributed by atoms with E-state index in [-0.39, 0.29) is 6.10 Å². The van der Waals surface area contributed by atoms with Crippen LogP contribution in [0.5, 0.6) is 0 Å². The Morgan fingerprint density at radius 1 is 1.50 bits per heavy atom. The summed E-state index contributed by atoms with van der Waals surface area (Å²) in [6, 6.07) is 7.11. The lowest BCUT2D eigenvalue weighted by atomic mass is 10.0. The molecule has 2 N–H and O–H groups in total. The van der Waals surface area contributed by atoms with Gasteiger partial charge in [0.15, 0.2) is 0 Å². The normalized spacial score (nSPS) is 25.5. The Hall–Kier alpha value is -0.860. The number of nitrogens with one attached hydrogen (secondary N) is 1. The summed E-state index contributed by atoms with van der Waals surface area (Å²) >= 11 is 0. The van der Waals surface area contributed by atoms with Crippen molar-refractivity contribution >= 4 is 0 Å². The molecular weight excluding hydrogens is 198 g/mol. The summed E-state index contributed by atoms with van der Waals surface area (Å²) in [5, 5.41) is 12.8. The fourth-order valence-corrected chi connectivity index (χ4v) is 2.57. The molecule has 0 fully saturated rings. The Balaban J connectivity index is 2.18. The van der Waals surface area contributed by atoms with Crippen LogP contribution in [-0.4, -0.2) is 17.8 Å². The Morgan fingerprint density at radius 2 is 2.25 bits per heavy atom. The number of aliphatic hydroxyl groups excluding tert-OH is 1. The number of aryl methyl sites for hydroxylation is 1. The molecule has 0 aromatic heterocycles. The van der Waals surface area contributed by atoms with Gasteiger partial charge in [-0.15, -0.1) is 0 Å². The summed E-state index contributed by atoms with van der Waals surface area (Å²) in [5.74, 6) is 0.621. The maximum Gasteiger partial charge on any atom is 0.0636 e. The number of hydrogen-bond donors (Lipinski definition) is 2. The van der Waals surface area contributed by atoms with Gasteiger partial charge in [-0.05, 0) is 37.3 Å². The molecule has 88 valence electrons. The summed E-state index contributed by atoms with van der Waals surface area (Å²) in [6.07, 6.45) is 0.869. The molecule has 3 atom stereocenters. The van der Waals surface area contributed by atoms with Crippen molar-refractivity contribution in [3.05, 3.63) is 34.9 Å². The third-order valence-electron chi connectivity index (χ3n) is 3.38. The van der Waals surface area contributed by atoms with Crippen molar-refractivity contribution in [1.29, 1.82) is 0 Å². The molecule has 2 unspecified atom stereocenters. The van der Waals surface area contributed by atoms with Crippen molar-refractivity contribution in [3.63, 3.8) is 0 Å². The van der Waals surface area contributed by atoms with E-state index in [0.717, 1.165) is 6.42 Å². The smallest absolute Gasteiger partial charge is 0.0636 e. The van der Waals surface area contributed by atoms with Crippen LogP contribution >= 0.6 is 0 Å². The van der Waals surface area contributed by atoms with Gasteiger partial charge in [0.05, 0.1) is 6.10 Å². The number of hydrogen-bond acceptors (Lipinski definition) is 2. The molecule has 2 rings (SSSR count).